The van der Waals surface area contributed by atoms with Crippen LogP contribution in [0.5, 0.6) is 0 Å². The van der Waals surface area contributed by atoms with Gasteiger partial charge in [0, 0.05) is 38.7 Å². The van der Waals surface area contributed by atoms with E-state index in [0.29, 0.717) is 32.1 Å². The van der Waals surface area contributed by atoms with E-state index >= 15 is 0 Å². The Morgan fingerprint density at radius 1 is 1.07 bits per heavy atom. The van der Waals surface area contributed by atoms with Gasteiger partial charge in [-0.3, -0.25) is 4.79 Å². The highest BCUT2D eigenvalue weighted by Crippen LogP contribution is 2.17. The zero-order valence-electron chi connectivity index (χ0n) is 16.0. The second-order valence-electron chi connectivity index (χ2n) is 7.53. The minimum absolute atomic E-state index is 0.0240. The van der Waals surface area contributed by atoms with Crippen molar-refractivity contribution in [3.05, 3.63) is 35.9 Å². The van der Waals surface area contributed by atoms with Gasteiger partial charge in [0.1, 0.15) is 0 Å². The third-order valence-electron chi connectivity index (χ3n) is 5.30. The predicted molar refractivity (Wildman–Crippen MR) is 104 cm³/mol. The molecule has 2 fully saturated rings. The van der Waals surface area contributed by atoms with Crippen LogP contribution in [0.4, 0.5) is 4.79 Å². The molecule has 6 nitrogen and oxygen atoms in total. The molecule has 27 heavy (non-hydrogen) atoms. The molecule has 1 atom stereocenters. The Morgan fingerprint density at radius 3 is 2.56 bits per heavy atom. The van der Waals surface area contributed by atoms with Crippen LogP contribution in [-0.4, -0.2) is 48.7 Å². The maximum Gasteiger partial charge on any atom is 0.317 e. The SMILES string of the molecule is O=C(CCNC(=O)N(Cc1ccccc1)CC1CCCO1)NC1CCCC1. The van der Waals surface area contributed by atoms with E-state index in [1.807, 2.05) is 30.3 Å². The van der Waals surface area contributed by atoms with Crippen LogP contribution in [0.1, 0.15) is 50.5 Å². The van der Waals surface area contributed by atoms with Gasteiger partial charge in [-0.1, -0.05) is 43.2 Å². The van der Waals surface area contributed by atoms with E-state index in [9.17, 15) is 9.59 Å². The molecule has 1 saturated heterocycles. The number of carbonyl (C=O) groups is 2. The van der Waals surface area contributed by atoms with Gasteiger partial charge in [0.2, 0.25) is 5.91 Å². The van der Waals surface area contributed by atoms with Gasteiger partial charge in [-0.25, -0.2) is 4.79 Å². The monoisotopic (exact) mass is 373 g/mol. The molecule has 1 aromatic carbocycles. The Balaban J connectivity index is 1.46. The van der Waals surface area contributed by atoms with Crippen molar-refractivity contribution < 1.29 is 14.3 Å². The van der Waals surface area contributed by atoms with Crippen molar-refractivity contribution in [1.82, 2.24) is 15.5 Å². The molecule has 0 radical (unpaired) electrons. The quantitative estimate of drug-likeness (QED) is 0.736. The third-order valence-corrected chi connectivity index (χ3v) is 5.30. The highest BCUT2D eigenvalue weighted by molar-refractivity contribution is 5.78. The van der Waals surface area contributed by atoms with Crippen molar-refractivity contribution in [3.8, 4) is 0 Å². The Morgan fingerprint density at radius 2 is 1.85 bits per heavy atom. The Labute approximate surface area is 161 Å². The number of amides is 3. The maximum absolute atomic E-state index is 12.7. The fourth-order valence-electron chi connectivity index (χ4n) is 3.82. The van der Waals surface area contributed by atoms with Crippen molar-refractivity contribution in [3.63, 3.8) is 0 Å². The lowest BCUT2D eigenvalue weighted by Crippen LogP contribution is -2.44. The lowest BCUT2D eigenvalue weighted by Gasteiger charge is -2.26. The highest BCUT2D eigenvalue weighted by atomic mass is 16.5. The van der Waals surface area contributed by atoms with Crippen LogP contribution >= 0.6 is 0 Å². The van der Waals surface area contributed by atoms with Crippen LogP contribution in [-0.2, 0) is 16.1 Å². The number of urea groups is 1. The summed E-state index contributed by atoms with van der Waals surface area (Å²) in [7, 11) is 0. The van der Waals surface area contributed by atoms with Crippen LogP contribution in [0.25, 0.3) is 0 Å². The third kappa shape index (κ3) is 6.54. The van der Waals surface area contributed by atoms with E-state index in [1.165, 1.54) is 12.8 Å². The van der Waals surface area contributed by atoms with Gasteiger partial charge >= 0.3 is 6.03 Å². The van der Waals surface area contributed by atoms with Gasteiger partial charge in [-0.15, -0.1) is 0 Å². The van der Waals surface area contributed by atoms with Crippen molar-refractivity contribution in [2.45, 2.75) is 63.6 Å². The fourth-order valence-corrected chi connectivity index (χ4v) is 3.82. The summed E-state index contributed by atoms with van der Waals surface area (Å²) in [5.74, 6) is 0.0240. The normalized spacial score (nSPS) is 19.8. The molecular weight excluding hydrogens is 342 g/mol. The zero-order valence-corrected chi connectivity index (χ0v) is 16.0. The standard InChI is InChI=1S/C21H31N3O3/c25-20(23-18-9-4-5-10-18)12-13-22-21(26)24(16-19-11-6-14-27-19)15-17-7-2-1-3-8-17/h1-3,7-8,18-19H,4-6,9-16H2,(H,22,26)(H,23,25). The number of nitrogens with zero attached hydrogens (tertiary/aromatic N) is 1. The number of benzene rings is 1. The first-order valence-electron chi connectivity index (χ1n) is 10.2. The molecule has 0 spiro atoms. The molecule has 1 aliphatic heterocycles. The first-order chi connectivity index (χ1) is 13.2. The number of nitrogens with one attached hydrogen (secondary N) is 2. The van der Waals surface area contributed by atoms with Crippen LogP contribution < -0.4 is 10.6 Å². The zero-order chi connectivity index (χ0) is 18.9. The number of rotatable bonds is 8. The smallest absolute Gasteiger partial charge is 0.317 e. The Hall–Kier alpha value is -2.08. The average molecular weight is 373 g/mol. The van der Waals surface area contributed by atoms with E-state index in [2.05, 4.69) is 10.6 Å². The van der Waals surface area contributed by atoms with Crippen LogP contribution in [0, 0.1) is 0 Å². The highest BCUT2D eigenvalue weighted by Gasteiger charge is 2.23. The summed E-state index contributed by atoms with van der Waals surface area (Å²) < 4.78 is 5.70. The van der Waals surface area contributed by atoms with Gasteiger partial charge in [-0.2, -0.15) is 0 Å². The van der Waals surface area contributed by atoms with Crippen molar-refractivity contribution in [1.29, 1.82) is 0 Å². The molecule has 1 heterocycles. The van der Waals surface area contributed by atoms with Crippen molar-refractivity contribution >= 4 is 11.9 Å². The van der Waals surface area contributed by atoms with E-state index in [-0.39, 0.29) is 18.0 Å². The van der Waals surface area contributed by atoms with Gasteiger partial charge in [0.25, 0.3) is 0 Å². The molecule has 6 heteroatoms. The number of ether oxygens (including phenoxy) is 1. The lowest BCUT2D eigenvalue weighted by atomic mass is 10.2. The van der Waals surface area contributed by atoms with Gasteiger partial charge in [0.15, 0.2) is 0 Å². The second-order valence-corrected chi connectivity index (χ2v) is 7.53. The summed E-state index contributed by atoms with van der Waals surface area (Å²) in [5, 5.41) is 5.96. The van der Waals surface area contributed by atoms with E-state index < -0.39 is 0 Å². The summed E-state index contributed by atoms with van der Waals surface area (Å²) in [6, 6.07) is 10.1. The summed E-state index contributed by atoms with van der Waals surface area (Å²) in [4.78, 5) is 26.5. The molecule has 2 N–H and O–H groups in total. The van der Waals surface area contributed by atoms with Crippen LogP contribution in [0.15, 0.2) is 30.3 Å². The molecule has 1 unspecified atom stereocenters. The fraction of sp³-hybridized carbons (Fsp3) is 0.619. The van der Waals surface area contributed by atoms with E-state index in [1.54, 1.807) is 4.90 Å². The second kappa shape index (κ2) is 10.3. The van der Waals surface area contributed by atoms with Gasteiger partial charge in [-0.05, 0) is 31.2 Å². The Kier molecular flexibility index (Phi) is 7.51. The summed E-state index contributed by atoms with van der Waals surface area (Å²) in [6.07, 6.45) is 6.99. The number of hydrogen-bond acceptors (Lipinski definition) is 3. The molecule has 2 aliphatic rings. The molecule has 3 amide bonds. The summed E-state index contributed by atoms with van der Waals surface area (Å²) >= 11 is 0. The number of carbonyl (C=O) groups excluding carboxylic acids is 2. The first-order valence-corrected chi connectivity index (χ1v) is 10.2. The largest absolute Gasteiger partial charge is 0.376 e. The molecular formula is C21H31N3O3. The maximum atomic E-state index is 12.7. The Bertz CT molecular complexity index is 596. The number of hydrogen-bond donors (Lipinski definition) is 2. The molecule has 148 valence electrons. The molecule has 1 saturated carbocycles. The van der Waals surface area contributed by atoms with Crippen LogP contribution in [0.3, 0.4) is 0 Å². The topological polar surface area (TPSA) is 70.7 Å². The summed E-state index contributed by atoms with van der Waals surface area (Å²) in [5.41, 5.74) is 1.09. The molecule has 0 bridgehead atoms. The minimum Gasteiger partial charge on any atom is -0.376 e. The van der Waals surface area contributed by atoms with E-state index in [0.717, 1.165) is 37.9 Å². The minimum atomic E-state index is -0.136. The summed E-state index contributed by atoms with van der Waals surface area (Å²) in [6.45, 7) is 2.25. The average Bonchev–Trinajstić information content (AvgIpc) is 3.36. The van der Waals surface area contributed by atoms with E-state index in [4.69, 9.17) is 4.74 Å². The van der Waals surface area contributed by atoms with Crippen molar-refractivity contribution in [2.24, 2.45) is 0 Å². The molecule has 1 aliphatic carbocycles. The van der Waals surface area contributed by atoms with Crippen molar-refractivity contribution in [2.75, 3.05) is 19.7 Å². The van der Waals surface area contributed by atoms with Gasteiger partial charge in [0.05, 0.1) is 6.10 Å². The lowest BCUT2D eigenvalue weighted by molar-refractivity contribution is -0.121. The van der Waals surface area contributed by atoms with Crippen LogP contribution in [0.2, 0.25) is 0 Å². The molecule has 3 rings (SSSR count). The predicted octanol–water partition coefficient (Wildman–Crippen LogP) is 2.83. The molecule has 1 aromatic rings. The molecule has 0 aromatic heterocycles. The first kappa shape index (κ1) is 19.7. The van der Waals surface area contributed by atoms with Gasteiger partial charge < -0.3 is 20.3 Å².